The molecule has 12 nitrogen and oxygen atoms in total. The van der Waals surface area contributed by atoms with Gasteiger partial charge in [0.25, 0.3) is 17.7 Å². The van der Waals surface area contributed by atoms with Crippen molar-refractivity contribution < 1.29 is 19.1 Å². The van der Waals surface area contributed by atoms with Crippen molar-refractivity contribution in [2.45, 2.75) is 26.2 Å². The fraction of sp³-hybridized carbons (Fsp3) is 0.270. The van der Waals surface area contributed by atoms with Crippen molar-refractivity contribution in [2.24, 2.45) is 5.41 Å². The van der Waals surface area contributed by atoms with E-state index in [2.05, 4.69) is 35.7 Å². The second kappa shape index (κ2) is 13.1. The lowest BCUT2D eigenvalue weighted by Crippen LogP contribution is -2.59. The first-order chi connectivity index (χ1) is 24.4. The number of carbonyl (C=O) groups excluding carboxylic acids is 3. The highest BCUT2D eigenvalue weighted by Crippen LogP contribution is 2.43. The van der Waals surface area contributed by atoms with E-state index in [-0.39, 0.29) is 23.1 Å². The summed E-state index contributed by atoms with van der Waals surface area (Å²) < 4.78 is 5.56. The number of aromatic nitrogens is 4. The predicted molar refractivity (Wildman–Crippen MR) is 191 cm³/mol. The quantitative estimate of drug-likeness (QED) is 0.233. The molecule has 1 aromatic carbocycles. The Morgan fingerprint density at radius 1 is 0.920 bits per heavy atom. The van der Waals surface area contributed by atoms with Crippen LogP contribution < -0.4 is 20.4 Å². The van der Waals surface area contributed by atoms with E-state index in [0.29, 0.717) is 57.7 Å². The molecule has 3 amide bonds. The summed E-state index contributed by atoms with van der Waals surface area (Å²) in [6.07, 6.45) is 7.63. The number of pyridine rings is 2. The molecule has 8 rings (SSSR count). The maximum atomic E-state index is 14.0. The van der Waals surface area contributed by atoms with Gasteiger partial charge in [0.05, 0.1) is 21.0 Å². The third-order valence-corrected chi connectivity index (χ3v) is 10.7. The van der Waals surface area contributed by atoms with Gasteiger partial charge in [0.1, 0.15) is 11.5 Å². The van der Waals surface area contributed by atoms with E-state index >= 15 is 0 Å². The molecule has 4 aromatic heterocycles. The van der Waals surface area contributed by atoms with Gasteiger partial charge in [-0.15, -0.1) is 16.4 Å². The zero-order valence-electron chi connectivity index (χ0n) is 27.4. The number of nitrogens with zero attached hydrogens (tertiary/aromatic N) is 6. The largest absolute Gasteiger partial charge is 0.381 e. The molecule has 0 saturated carbocycles. The summed E-state index contributed by atoms with van der Waals surface area (Å²) in [7, 11) is 0. The van der Waals surface area contributed by atoms with Gasteiger partial charge in [-0.05, 0) is 98.0 Å². The van der Waals surface area contributed by atoms with Crippen molar-refractivity contribution >= 4 is 52.1 Å². The Labute approximate surface area is 292 Å². The highest BCUT2D eigenvalue weighted by molar-refractivity contribution is 7.17. The van der Waals surface area contributed by atoms with E-state index < -0.39 is 0 Å². The van der Waals surface area contributed by atoms with Gasteiger partial charge in [-0.2, -0.15) is 5.10 Å². The number of thiophene rings is 1. The lowest BCUT2D eigenvalue weighted by molar-refractivity contribution is -0.000511. The van der Waals surface area contributed by atoms with Crippen LogP contribution in [0.5, 0.6) is 0 Å². The first-order valence-electron chi connectivity index (χ1n) is 16.6. The number of ether oxygens (including phenoxy) is 1. The molecule has 0 unspecified atom stereocenters. The zero-order chi connectivity index (χ0) is 34.2. The number of rotatable bonds is 6. The Morgan fingerprint density at radius 3 is 2.50 bits per heavy atom. The number of carbonyl (C=O) groups is 3. The van der Waals surface area contributed by atoms with Crippen molar-refractivity contribution in [2.75, 3.05) is 53.3 Å². The predicted octanol–water partition coefficient (Wildman–Crippen LogP) is 5.63. The molecule has 1 spiro atoms. The Hall–Kier alpha value is -5.53. The number of amides is 3. The standard InChI is InChI=1S/C37H34N8O4S/c1-23-18-27(33(39-20-23)44-21-37(22-44)11-16-49-17-12-37)34(46)41-26-8-6-24(7-9-26)36(48)45-15-10-25-19-29(35(47)42-30-5-3-14-40-43-30)50-32(25)31-28(45)4-2-13-38-31/h2-9,13-14,18-20H,10-12,15-17,21-22H2,1H3,(H,41,46)(H,42,43,47). The molecule has 0 radical (unpaired) electrons. The first-order valence-corrected chi connectivity index (χ1v) is 17.4. The van der Waals surface area contributed by atoms with Crippen molar-refractivity contribution in [3.05, 3.63) is 106 Å². The van der Waals surface area contributed by atoms with E-state index in [1.54, 1.807) is 66.0 Å². The fourth-order valence-electron chi connectivity index (χ4n) is 6.89. The molecule has 50 heavy (non-hydrogen) atoms. The van der Waals surface area contributed by atoms with Gasteiger partial charge in [0.15, 0.2) is 5.82 Å². The molecule has 0 bridgehead atoms. The molecule has 0 aliphatic carbocycles. The topological polar surface area (TPSA) is 143 Å². The van der Waals surface area contributed by atoms with Crippen LogP contribution in [0.1, 0.15) is 54.4 Å². The van der Waals surface area contributed by atoms with Crippen molar-refractivity contribution in [3.8, 4) is 10.6 Å². The number of aryl methyl sites for hydroxylation is 1. The van der Waals surface area contributed by atoms with Crippen molar-refractivity contribution in [1.82, 2.24) is 20.2 Å². The van der Waals surface area contributed by atoms with Gasteiger partial charge in [-0.25, -0.2) is 4.98 Å². The van der Waals surface area contributed by atoms with E-state index in [9.17, 15) is 14.4 Å². The summed E-state index contributed by atoms with van der Waals surface area (Å²) in [5.41, 5.74) is 5.00. The highest BCUT2D eigenvalue weighted by atomic mass is 32.1. The third kappa shape index (κ3) is 6.09. The molecule has 252 valence electrons. The minimum Gasteiger partial charge on any atom is -0.381 e. The minimum absolute atomic E-state index is 0.183. The molecular weight excluding hydrogens is 653 g/mol. The zero-order valence-corrected chi connectivity index (χ0v) is 28.2. The second-order valence-corrected chi connectivity index (χ2v) is 14.0. The molecule has 3 aliphatic rings. The van der Waals surface area contributed by atoms with Crippen LogP contribution in [-0.4, -0.2) is 70.7 Å². The molecular formula is C37H34N8O4S. The van der Waals surface area contributed by atoms with Crippen molar-refractivity contribution in [3.63, 3.8) is 0 Å². The fourth-order valence-corrected chi connectivity index (χ4v) is 8.00. The molecule has 0 atom stereocenters. The van der Waals surface area contributed by atoms with Gasteiger partial charge < -0.3 is 25.2 Å². The van der Waals surface area contributed by atoms with Crippen LogP contribution in [0.2, 0.25) is 0 Å². The Kier molecular flexibility index (Phi) is 8.29. The number of nitrogens with one attached hydrogen (secondary N) is 2. The molecule has 2 N–H and O–H groups in total. The summed E-state index contributed by atoms with van der Waals surface area (Å²) >= 11 is 1.33. The normalized spacial score (nSPS) is 16.1. The molecule has 2 saturated heterocycles. The van der Waals surface area contributed by atoms with Gasteiger partial charge >= 0.3 is 0 Å². The van der Waals surface area contributed by atoms with Gasteiger partial charge in [-0.3, -0.25) is 19.4 Å². The number of anilines is 4. The average molecular weight is 687 g/mol. The van der Waals surface area contributed by atoms with Gasteiger partial charge in [-0.1, -0.05) is 0 Å². The van der Waals surface area contributed by atoms with Crippen LogP contribution in [0.25, 0.3) is 10.6 Å². The van der Waals surface area contributed by atoms with Gasteiger partial charge in [0, 0.05) is 68.1 Å². The number of benzene rings is 1. The maximum Gasteiger partial charge on any atom is 0.266 e. The maximum absolute atomic E-state index is 14.0. The SMILES string of the molecule is Cc1cnc(N2CC3(CCOCC3)C2)c(C(=O)Nc2ccc(C(=O)N3CCc4cc(C(=O)Nc5cccnn5)sc4-c4ncccc43)cc2)c1. The smallest absolute Gasteiger partial charge is 0.266 e. The van der Waals surface area contributed by atoms with Crippen LogP contribution in [0.4, 0.5) is 23.0 Å². The number of hydrogen-bond donors (Lipinski definition) is 2. The lowest BCUT2D eigenvalue weighted by Gasteiger charge is -2.53. The Bertz CT molecular complexity index is 2090. The summed E-state index contributed by atoms with van der Waals surface area (Å²) in [6.45, 7) is 5.63. The summed E-state index contributed by atoms with van der Waals surface area (Å²) in [5.74, 6) is 0.357. The van der Waals surface area contributed by atoms with E-state index in [0.717, 1.165) is 55.1 Å². The van der Waals surface area contributed by atoms with Crippen LogP contribution in [0.3, 0.4) is 0 Å². The molecule has 5 aromatic rings. The highest BCUT2D eigenvalue weighted by Gasteiger charge is 2.45. The van der Waals surface area contributed by atoms with Crippen LogP contribution in [-0.2, 0) is 11.2 Å². The average Bonchev–Trinajstić information content (AvgIpc) is 3.50. The van der Waals surface area contributed by atoms with Gasteiger partial charge in [0.2, 0.25) is 0 Å². The summed E-state index contributed by atoms with van der Waals surface area (Å²) in [6, 6.07) is 17.7. The Morgan fingerprint density at radius 2 is 1.72 bits per heavy atom. The second-order valence-electron chi connectivity index (χ2n) is 13.0. The van der Waals surface area contributed by atoms with E-state index in [1.807, 2.05) is 25.1 Å². The number of fused-ring (bicyclic) bond motifs is 3. The third-order valence-electron chi connectivity index (χ3n) is 9.53. The van der Waals surface area contributed by atoms with E-state index in [1.165, 1.54) is 11.3 Å². The molecule has 3 aliphatic heterocycles. The molecule has 2 fully saturated rings. The molecule has 7 heterocycles. The monoisotopic (exact) mass is 686 g/mol. The summed E-state index contributed by atoms with van der Waals surface area (Å²) in [4.78, 5) is 55.1. The van der Waals surface area contributed by atoms with E-state index in [4.69, 9.17) is 4.74 Å². The van der Waals surface area contributed by atoms with Crippen molar-refractivity contribution in [1.29, 1.82) is 0 Å². The summed E-state index contributed by atoms with van der Waals surface area (Å²) in [5, 5.41) is 13.5. The first kappa shape index (κ1) is 31.7. The Balaban J connectivity index is 0.973. The van der Waals surface area contributed by atoms with Crippen LogP contribution in [0, 0.1) is 12.3 Å². The van der Waals surface area contributed by atoms with Crippen LogP contribution >= 0.6 is 11.3 Å². The number of hydrogen-bond acceptors (Lipinski definition) is 10. The minimum atomic E-state index is -0.278. The molecule has 13 heteroatoms. The lowest BCUT2D eigenvalue weighted by atomic mass is 9.73. The van der Waals surface area contributed by atoms with Crippen LogP contribution in [0.15, 0.2) is 79.3 Å².